The molecule has 0 spiro atoms. The van der Waals surface area contributed by atoms with Crippen molar-refractivity contribution in [3.8, 4) is 11.5 Å². The number of rotatable bonds is 10. The van der Waals surface area contributed by atoms with Gasteiger partial charge in [-0.15, -0.1) is 0 Å². The summed E-state index contributed by atoms with van der Waals surface area (Å²) < 4.78 is 25.8. The number of thiazole rings is 1. The first-order valence-corrected chi connectivity index (χ1v) is 14.1. The zero-order chi connectivity index (χ0) is 28.2. The van der Waals surface area contributed by atoms with Gasteiger partial charge >= 0.3 is 5.91 Å². The number of hydrogen-bond donors (Lipinski definition) is 1. The van der Waals surface area contributed by atoms with E-state index >= 15 is 0 Å². The highest BCUT2D eigenvalue weighted by atomic mass is 32.1. The Morgan fingerprint density at radius 2 is 1.70 bits per heavy atom. The fourth-order valence-electron chi connectivity index (χ4n) is 4.65. The van der Waals surface area contributed by atoms with Crippen LogP contribution in [0.15, 0.2) is 72.3 Å². The summed E-state index contributed by atoms with van der Waals surface area (Å²) in [5.74, 6) is -1.18. The summed E-state index contributed by atoms with van der Waals surface area (Å²) in [6, 6.07) is 16.7. The van der Waals surface area contributed by atoms with Gasteiger partial charge in [0.2, 0.25) is 0 Å². The molecule has 1 N–H and O–H groups in total. The van der Waals surface area contributed by atoms with Crippen molar-refractivity contribution < 1.29 is 28.6 Å². The first-order valence-electron chi connectivity index (χ1n) is 13.2. The van der Waals surface area contributed by atoms with Gasteiger partial charge in [0.05, 0.1) is 35.0 Å². The van der Waals surface area contributed by atoms with Crippen molar-refractivity contribution in [3.05, 3.63) is 89.2 Å². The van der Waals surface area contributed by atoms with Crippen LogP contribution in [0.25, 0.3) is 16.0 Å². The fourth-order valence-corrected chi connectivity index (χ4v) is 5.67. The first kappa shape index (κ1) is 27.3. The number of carbonyl (C=O) groups is 2. The predicted molar refractivity (Wildman–Crippen MR) is 153 cm³/mol. The van der Waals surface area contributed by atoms with Crippen LogP contribution in [-0.4, -0.2) is 35.0 Å². The van der Waals surface area contributed by atoms with Crippen molar-refractivity contribution in [3.63, 3.8) is 0 Å². The molecular formula is C31H29FN2O5S. The second-order valence-electron chi connectivity index (χ2n) is 9.36. The molecule has 40 heavy (non-hydrogen) atoms. The van der Waals surface area contributed by atoms with Crippen molar-refractivity contribution in [2.75, 3.05) is 18.1 Å². The van der Waals surface area contributed by atoms with E-state index in [1.54, 1.807) is 36.4 Å². The number of benzene rings is 3. The van der Waals surface area contributed by atoms with Crippen LogP contribution in [0.4, 0.5) is 9.52 Å². The monoisotopic (exact) mass is 560 g/mol. The average molecular weight is 561 g/mol. The maximum absolute atomic E-state index is 13.6. The number of nitrogens with zero attached hydrogens (tertiary/aromatic N) is 2. The van der Waals surface area contributed by atoms with Gasteiger partial charge in [0.15, 0.2) is 5.13 Å². The SMILES string of the molecule is CCCCCOc1ccc(C2/C(=C(\O)c3ccc(F)cc3)C(=O)C(=O)N2c2nc3ccc(OCC)cc3s2)cc1. The topological polar surface area (TPSA) is 89.0 Å². The lowest BCUT2D eigenvalue weighted by Gasteiger charge is -2.23. The molecule has 1 unspecified atom stereocenters. The van der Waals surface area contributed by atoms with Crippen LogP contribution < -0.4 is 14.4 Å². The maximum atomic E-state index is 13.6. The standard InChI is InChI=1S/C31H29FN2O5S/c1-3-5-6-17-39-22-13-9-19(10-14-22)27-26(28(35)20-7-11-21(32)12-8-20)29(36)30(37)34(27)31-33-24-16-15-23(38-4-2)18-25(24)40-31/h7-16,18,27,35H,3-6,17H2,1-2H3/b28-26+. The summed E-state index contributed by atoms with van der Waals surface area (Å²) in [7, 11) is 0. The second-order valence-corrected chi connectivity index (χ2v) is 10.4. The number of aliphatic hydroxyl groups is 1. The molecule has 7 nitrogen and oxygen atoms in total. The van der Waals surface area contributed by atoms with E-state index in [0.29, 0.717) is 40.9 Å². The van der Waals surface area contributed by atoms with E-state index in [2.05, 4.69) is 11.9 Å². The molecule has 206 valence electrons. The minimum Gasteiger partial charge on any atom is -0.507 e. The Morgan fingerprint density at radius 1 is 0.975 bits per heavy atom. The normalized spacial score (nSPS) is 16.6. The van der Waals surface area contributed by atoms with Gasteiger partial charge < -0.3 is 14.6 Å². The molecule has 0 bridgehead atoms. The number of aromatic nitrogens is 1. The number of aliphatic hydroxyl groups excluding tert-OH is 1. The number of hydrogen-bond acceptors (Lipinski definition) is 7. The fraction of sp³-hybridized carbons (Fsp3) is 0.258. The molecule has 1 aliphatic rings. The highest BCUT2D eigenvalue weighted by Gasteiger charge is 2.48. The molecular weight excluding hydrogens is 531 g/mol. The second kappa shape index (κ2) is 11.9. The van der Waals surface area contributed by atoms with E-state index in [0.717, 1.165) is 24.0 Å². The number of fused-ring (bicyclic) bond motifs is 1. The van der Waals surface area contributed by atoms with Crippen molar-refractivity contribution in [2.45, 2.75) is 39.2 Å². The number of ether oxygens (including phenoxy) is 2. The Bertz CT molecular complexity index is 1560. The van der Waals surface area contributed by atoms with E-state index in [4.69, 9.17) is 9.47 Å². The van der Waals surface area contributed by atoms with Crippen molar-refractivity contribution in [1.82, 2.24) is 4.98 Å². The summed E-state index contributed by atoms with van der Waals surface area (Å²) in [6.45, 7) is 5.12. The quantitative estimate of drug-likeness (QED) is 0.0970. The Kier molecular flexibility index (Phi) is 8.11. The van der Waals surface area contributed by atoms with Crippen LogP contribution in [-0.2, 0) is 9.59 Å². The van der Waals surface area contributed by atoms with Crippen LogP contribution >= 0.6 is 11.3 Å². The molecule has 1 aliphatic heterocycles. The number of Topliss-reactive ketones (excluding diaryl/α,β-unsaturated/α-hetero) is 1. The molecule has 5 rings (SSSR count). The first-order chi connectivity index (χ1) is 19.4. The van der Waals surface area contributed by atoms with E-state index in [1.807, 2.05) is 13.0 Å². The number of anilines is 1. The van der Waals surface area contributed by atoms with Crippen LogP contribution in [0, 0.1) is 5.82 Å². The average Bonchev–Trinajstić information content (AvgIpc) is 3.49. The van der Waals surface area contributed by atoms with Gasteiger partial charge in [-0.2, -0.15) is 0 Å². The van der Waals surface area contributed by atoms with Crippen LogP contribution in [0.3, 0.4) is 0 Å². The van der Waals surface area contributed by atoms with Crippen molar-refractivity contribution >= 4 is 44.1 Å². The number of unbranched alkanes of at least 4 members (excludes halogenated alkanes) is 2. The van der Waals surface area contributed by atoms with E-state index in [1.165, 1.54) is 40.5 Å². The number of ketones is 1. The zero-order valence-corrected chi connectivity index (χ0v) is 23.0. The molecule has 0 saturated carbocycles. The Labute approximate surface area is 235 Å². The molecule has 1 atom stereocenters. The van der Waals surface area contributed by atoms with Gasteiger partial charge in [0.1, 0.15) is 23.1 Å². The summed E-state index contributed by atoms with van der Waals surface area (Å²) in [4.78, 5) is 32.9. The van der Waals surface area contributed by atoms with Gasteiger partial charge in [-0.25, -0.2) is 9.37 Å². The molecule has 1 saturated heterocycles. The predicted octanol–water partition coefficient (Wildman–Crippen LogP) is 7.03. The van der Waals surface area contributed by atoms with Gasteiger partial charge in [-0.3, -0.25) is 14.5 Å². The third-order valence-electron chi connectivity index (χ3n) is 6.64. The molecule has 0 aliphatic carbocycles. The summed E-state index contributed by atoms with van der Waals surface area (Å²) in [5, 5.41) is 11.6. The number of halogens is 1. The van der Waals surface area contributed by atoms with E-state index < -0.39 is 23.5 Å². The van der Waals surface area contributed by atoms with Crippen LogP contribution in [0.2, 0.25) is 0 Å². The lowest BCUT2D eigenvalue weighted by Crippen LogP contribution is -2.29. The molecule has 1 amide bonds. The van der Waals surface area contributed by atoms with E-state index in [9.17, 15) is 19.1 Å². The minimum atomic E-state index is -0.953. The number of amides is 1. The summed E-state index contributed by atoms with van der Waals surface area (Å²) >= 11 is 1.25. The minimum absolute atomic E-state index is 0.0949. The molecule has 0 radical (unpaired) electrons. The third kappa shape index (κ3) is 5.42. The molecule has 2 heterocycles. The Balaban J connectivity index is 1.59. The van der Waals surface area contributed by atoms with Gasteiger partial charge in [0, 0.05) is 5.56 Å². The maximum Gasteiger partial charge on any atom is 0.301 e. The van der Waals surface area contributed by atoms with Gasteiger partial charge in [-0.1, -0.05) is 43.2 Å². The Hall–Kier alpha value is -4.24. The molecule has 9 heteroatoms. The Morgan fingerprint density at radius 3 is 2.40 bits per heavy atom. The lowest BCUT2D eigenvalue weighted by molar-refractivity contribution is -0.132. The highest BCUT2D eigenvalue weighted by Crippen LogP contribution is 2.45. The highest BCUT2D eigenvalue weighted by molar-refractivity contribution is 7.22. The zero-order valence-electron chi connectivity index (χ0n) is 22.2. The largest absolute Gasteiger partial charge is 0.507 e. The smallest absolute Gasteiger partial charge is 0.301 e. The lowest BCUT2D eigenvalue weighted by atomic mass is 9.95. The van der Waals surface area contributed by atoms with Crippen molar-refractivity contribution in [1.29, 1.82) is 0 Å². The van der Waals surface area contributed by atoms with Crippen LogP contribution in [0.1, 0.15) is 50.3 Å². The van der Waals surface area contributed by atoms with Gasteiger partial charge in [0.25, 0.3) is 5.78 Å². The molecule has 1 fully saturated rings. The van der Waals surface area contributed by atoms with Gasteiger partial charge in [-0.05, 0) is 73.5 Å². The summed E-state index contributed by atoms with van der Waals surface area (Å²) in [5.41, 5.74) is 1.38. The van der Waals surface area contributed by atoms with Crippen molar-refractivity contribution in [2.24, 2.45) is 0 Å². The molecule has 3 aromatic carbocycles. The third-order valence-corrected chi connectivity index (χ3v) is 7.66. The van der Waals surface area contributed by atoms with E-state index in [-0.39, 0.29) is 16.9 Å². The summed E-state index contributed by atoms with van der Waals surface area (Å²) in [6.07, 6.45) is 3.11. The van der Waals surface area contributed by atoms with Crippen LogP contribution in [0.5, 0.6) is 11.5 Å². The number of carbonyl (C=O) groups excluding carboxylic acids is 2. The molecule has 4 aromatic rings. The molecule has 1 aromatic heterocycles.